The van der Waals surface area contributed by atoms with E-state index in [4.69, 9.17) is 5.73 Å². The van der Waals surface area contributed by atoms with E-state index in [1.165, 1.54) is 0 Å². The number of amides is 1. The maximum absolute atomic E-state index is 12.2. The fourth-order valence-electron chi connectivity index (χ4n) is 2.79. The molecule has 2 rings (SSSR count). The number of nitrogens with zero attached hydrogens (tertiary/aromatic N) is 1. The van der Waals surface area contributed by atoms with Gasteiger partial charge in [-0.3, -0.25) is 4.79 Å². The van der Waals surface area contributed by atoms with E-state index in [9.17, 15) is 9.90 Å². The van der Waals surface area contributed by atoms with Crippen LogP contribution in [0.5, 0.6) is 0 Å². The number of likely N-dealkylation sites (tertiary alicyclic amines) is 1. The molecule has 2 aliphatic rings. The lowest BCUT2D eigenvalue weighted by Crippen LogP contribution is -2.48. The molecule has 1 saturated heterocycles. The highest BCUT2D eigenvalue weighted by Gasteiger charge is 2.32. The van der Waals surface area contributed by atoms with Gasteiger partial charge in [-0.25, -0.2) is 0 Å². The number of carbonyl (C=O) groups excluding carboxylic acids is 1. The van der Waals surface area contributed by atoms with Crippen molar-refractivity contribution < 1.29 is 9.90 Å². The lowest BCUT2D eigenvalue weighted by molar-refractivity contribution is -0.139. The summed E-state index contributed by atoms with van der Waals surface area (Å²) < 4.78 is 0. The fourth-order valence-corrected chi connectivity index (χ4v) is 2.79. The summed E-state index contributed by atoms with van der Waals surface area (Å²) in [6.45, 7) is 1.40. The first-order chi connectivity index (χ1) is 7.68. The van der Waals surface area contributed by atoms with Gasteiger partial charge in [0.1, 0.15) is 0 Å². The summed E-state index contributed by atoms with van der Waals surface area (Å²) in [7, 11) is 0. The molecule has 0 aromatic carbocycles. The average Bonchev–Trinajstić information content (AvgIpc) is 2.30. The Morgan fingerprint density at radius 2 is 1.75 bits per heavy atom. The van der Waals surface area contributed by atoms with Crippen molar-refractivity contribution in [1.29, 1.82) is 0 Å². The molecule has 2 unspecified atom stereocenters. The van der Waals surface area contributed by atoms with Gasteiger partial charge in [0, 0.05) is 19.1 Å². The standard InChI is InChI=1S/C12H22N2O2/c13-11-4-2-1-3-10(11)12(16)14-7-5-9(15)6-8-14/h9-11,15H,1-8,13H2. The molecule has 1 aliphatic heterocycles. The van der Waals surface area contributed by atoms with Crippen molar-refractivity contribution in [2.24, 2.45) is 11.7 Å². The molecule has 1 heterocycles. The van der Waals surface area contributed by atoms with Crippen LogP contribution >= 0.6 is 0 Å². The summed E-state index contributed by atoms with van der Waals surface area (Å²) in [5, 5.41) is 9.41. The van der Waals surface area contributed by atoms with Crippen LogP contribution in [0.1, 0.15) is 38.5 Å². The average molecular weight is 226 g/mol. The Balaban J connectivity index is 1.90. The summed E-state index contributed by atoms with van der Waals surface area (Å²) in [5.41, 5.74) is 6.02. The molecule has 1 aliphatic carbocycles. The monoisotopic (exact) mass is 226 g/mol. The summed E-state index contributed by atoms with van der Waals surface area (Å²) in [6.07, 6.45) is 5.42. The first kappa shape index (κ1) is 11.9. The Morgan fingerprint density at radius 3 is 2.38 bits per heavy atom. The highest BCUT2D eigenvalue weighted by Crippen LogP contribution is 2.26. The first-order valence-corrected chi connectivity index (χ1v) is 6.41. The van der Waals surface area contributed by atoms with Crippen molar-refractivity contribution in [3.63, 3.8) is 0 Å². The third-order valence-corrected chi connectivity index (χ3v) is 3.91. The van der Waals surface area contributed by atoms with Gasteiger partial charge >= 0.3 is 0 Å². The highest BCUT2D eigenvalue weighted by atomic mass is 16.3. The van der Waals surface area contributed by atoms with Crippen LogP contribution in [-0.4, -0.2) is 41.1 Å². The quantitative estimate of drug-likeness (QED) is 0.683. The Morgan fingerprint density at radius 1 is 1.12 bits per heavy atom. The number of aliphatic hydroxyl groups excluding tert-OH is 1. The maximum Gasteiger partial charge on any atom is 0.227 e. The van der Waals surface area contributed by atoms with Crippen LogP contribution in [0, 0.1) is 5.92 Å². The topological polar surface area (TPSA) is 66.6 Å². The largest absolute Gasteiger partial charge is 0.393 e. The summed E-state index contributed by atoms with van der Waals surface area (Å²) in [6, 6.07) is 0.0492. The molecular formula is C12H22N2O2. The van der Waals surface area contributed by atoms with Crippen LogP contribution in [0.3, 0.4) is 0 Å². The van der Waals surface area contributed by atoms with Crippen molar-refractivity contribution in [3.05, 3.63) is 0 Å². The molecule has 0 bridgehead atoms. The van der Waals surface area contributed by atoms with Crippen LogP contribution in [0.2, 0.25) is 0 Å². The zero-order chi connectivity index (χ0) is 11.5. The summed E-state index contributed by atoms with van der Waals surface area (Å²) in [4.78, 5) is 14.1. The van der Waals surface area contributed by atoms with Gasteiger partial charge in [0.05, 0.1) is 12.0 Å². The van der Waals surface area contributed by atoms with Crippen molar-refractivity contribution >= 4 is 5.91 Å². The molecule has 3 N–H and O–H groups in total. The zero-order valence-electron chi connectivity index (χ0n) is 9.77. The second kappa shape index (κ2) is 5.15. The van der Waals surface area contributed by atoms with Crippen LogP contribution in [0.25, 0.3) is 0 Å². The number of piperidine rings is 1. The van der Waals surface area contributed by atoms with Crippen LogP contribution < -0.4 is 5.73 Å². The third kappa shape index (κ3) is 2.55. The Kier molecular flexibility index (Phi) is 3.82. The summed E-state index contributed by atoms with van der Waals surface area (Å²) >= 11 is 0. The molecule has 92 valence electrons. The van der Waals surface area contributed by atoms with E-state index in [0.717, 1.165) is 25.7 Å². The molecule has 2 fully saturated rings. The Labute approximate surface area is 96.8 Å². The van der Waals surface area contributed by atoms with Crippen molar-refractivity contribution in [1.82, 2.24) is 4.90 Å². The van der Waals surface area contributed by atoms with E-state index in [0.29, 0.717) is 25.9 Å². The van der Waals surface area contributed by atoms with Gasteiger partial charge in [0.15, 0.2) is 0 Å². The second-order valence-corrected chi connectivity index (χ2v) is 5.11. The maximum atomic E-state index is 12.2. The third-order valence-electron chi connectivity index (χ3n) is 3.91. The molecule has 1 amide bonds. The molecule has 16 heavy (non-hydrogen) atoms. The minimum Gasteiger partial charge on any atom is -0.393 e. The van der Waals surface area contributed by atoms with Crippen molar-refractivity contribution in [2.75, 3.05) is 13.1 Å². The number of rotatable bonds is 1. The molecule has 1 saturated carbocycles. The minimum absolute atomic E-state index is 0.0315. The molecule has 2 atom stereocenters. The Hall–Kier alpha value is -0.610. The van der Waals surface area contributed by atoms with E-state index < -0.39 is 0 Å². The van der Waals surface area contributed by atoms with Crippen LogP contribution in [0.4, 0.5) is 0 Å². The lowest BCUT2D eigenvalue weighted by atomic mass is 9.84. The summed E-state index contributed by atoms with van der Waals surface area (Å²) in [5.74, 6) is 0.253. The van der Waals surface area contributed by atoms with E-state index in [1.807, 2.05) is 4.90 Å². The van der Waals surface area contributed by atoms with E-state index in [1.54, 1.807) is 0 Å². The van der Waals surface area contributed by atoms with Gasteiger partial charge in [-0.2, -0.15) is 0 Å². The van der Waals surface area contributed by atoms with Gasteiger partial charge < -0.3 is 15.7 Å². The van der Waals surface area contributed by atoms with E-state index in [-0.39, 0.29) is 24.0 Å². The molecule has 0 radical (unpaired) electrons. The smallest absolute Gasteiger partial charge is 0.227 e. The Bertz CT molecular complexity index is 249. The highest BCUT2D eigenvalue weighted by molar-refractivity contribution is 5.79. The van der Waals surface area contributed by atoms with E-state index in [2.05, 4.69) is 0 Å². The van der Waals surface area contributed by atoms with Gasteiger partial charge in [0.2, 0.25) is 5.91 Å². The molecule has 0 aromatic rings. The normalized spacial score (nSPS) is 32.8. The van der Waals surface area contributed by atoms with Crippen LogP contribution in [0.15, 0.2) is 0 Å². The number of hydrogen-bond acceptors (Lipinski definition) is 3. The SMILES string of the molecule is NC1CCCCC1C(=O)N1CCC(O)CC1. The van der Waals surface area contributed by atoms with Gasteiger partial charge in [-0.1, -0.05) is 12.8 Å². The first-order valence-electron chi connectivity index (χ1n) is 6.41. The van der Waals surface area contributed by atoms with Gasteiger partial charge in [-0.05, 0) is 25.7 Å². The number of aliphatic hydroxyl groups is 1. The molecule has 0 aromatic heterocycles. The molecule has 4 heteroatoms. The van der Waals surface area contributed by atoms with Crippen LogP contribution in [-0.2, 0) is 4.79 Å². The number of hydrogen-bond donors (Lipinski definition) is 2. The molecular weight excluding hydrogens is 204 g/mol. The zero-order valence-corrected chi connectivity index (χ0v) is 9.77. The predicted molar refractivity (Wildman–Crippen MR) is 61.8 cm³/mol. The van der Waals surface area contributed by atoms with Crippen molar-refractivity contribution in [2.45, 2.75) is 50.7 Å². The fraction of sp³-hybridized carbons (Fsp3) is 0.917. The van der Waals surface area contributed by atoms with E-state index >= 15 is 0 Å². The lowest BCUT2D eigenvalue weighted by Gasteiger charge is -2.35. The second-order valence-electron chi connectivity index (χ2n) is 5.11. The number of carbonyl (C=O) groups is 1. The van der Waals surface area contributed by atoms with Crippen molar-refractivity contribution in [3.8, 4) is 0 Å². The predicted octanol–water partition coefficient (Wildman–Crippen LogP) is 0.487. The van der Waals surface area contributed by atoms with Gasteiger partial charge in [0.25, 0.3) is 0 Å². The molecule has 0 spiro atoms. The molecule has 4 nitrogen and oxygen atoms in total. The minimum atomic E-state index is -0.218. The number of nitrogens with two attached hydrogens (primary N) is 1. The van der Waals surface area contributed by atoms with Gasteiger partial charge in [-0.15, -0.1) is 0 Å².